The Morgan fingerprint density at radius 1 is 1.43 bits per heavy atom. The third kappa shape index (κ3) is 3.30. The lowest BCUT2D eigenvalue weighted by Gasteiger charge is -2.10. The van der Waals surface area contributed by atoms with Gasteiger partial charge in [0.15, 0.2) is 0 Å². The predicted octanol–water partition coefficient (Wildman–Crippen LogP) is 2.96. The van der Waals surface area contributed by atoms with Crippen LogP contribution in [0.1, 0.15) is 11.4 Å². The van der Waals surface area contributed by atoms with E-state index < -0.39 is 22.4 Å². The minimum atomic E-state index is -4.62. The fourth-order valence-electron chi connectivity index (χ4n) is 1.75. The standard InChI is InChI=1S/C12H11F3N4O2/c1-18-5-4-16-11(18)7-17-9-3-2-8(12(13,14)15)6-10(9)19(20)21/h2-6,17H,7H2,1H3. The SMILES string of the molecule is Cn1ccnc1CNc1ccc(C(F)(F)F)cc1[N+](=O)[O-]. The van der Waals surface area contributed by atoms with E-state index in [4.69, 9.17) is 0 Å². The van der Waals surface area contributed by atoms with Gasteiger partial charge in [0.2, 0.25) is 0 Å². The molecule has 0 bridgehead atoms. The molecule has 0 fully saturated rings. The summed E-state index contributed by atoms with van der Waals surface area (Å²) in [6.45, 7) is 0.162. The minimum absolute atomic E-state index is 0.0102. The number of aryl methyl sites for hydroxylation is 1. The van der Waals surface area contributed by atoms with Gasteiger partial charge in [0.05, 0.1) is 17.0 Å². The molecule has 1 aromatic heterocycles. The lowest BCUT2D eigenvalue weighted by molar-refractivity contribution is -0.384. The van der Waals surface area contributed by atoms with Crippen molar-refractivity contribution in [3.8, 4) is 0 Å². The van der Waals surface area contributed by atoms with Crippen LogP contribution in [-0.2, 0) is 19.8 Å². The van der Waals surface area contributed by atoms with Crippen molar-refractivity contribution < 1.29 is 18.1 Å². The number of rotatable bonds is 4. The van der Waals surface area contributed by atoms with Crippen LogP contribution >= 0.6 is 0 Å². The molecule has 9 heteroatoms. The van der Waals surface area contributed by atoms with Crippen LogP contribution in [0.4, 0.5) is 24.5 Å². The summed E-state index contributed by atoms with van der Waals surface area (Å²) in [6.07, 6.45) is -1.38. The Hall–Kier alpha value is -2.58. The smallest absolute Gasteiger partial charge is 0.372 e. The fraction of sp³-hybridized carbons (Fsp3) is 0.250. The first-order chi connectivity index (χ1) is 9.79. The molecule has 0 unspecified atom stereocenters. The number of aromatic nitrogens is 2. The predicted molar refractivity (Wildman–Crippen MR) is 68.6 cm³/mol. The van der Waals surface area contributed by atoms with Gasteiger partial charge >= 0.3 is 6.18 Å². The summed E-state index contributed by atoms with van der Waals surface area (Å²) >= 11 is 0. The van der Waals surface area contributed by atoms with E-state index in [1.807, 2.05) is 0 Å². The molecule has 0 spiro atoms. The van der Waals surface area contributed by atoms with Crippen molar-refractivity contribution in [3.05, 3.63) is 52.1 Å². The summed E-state index contributed by atoms with van der Waals surface area (Å²) in [6, 6.07) is 2.36. The number of nitro groups is 1. The number of nitrogens with one attached hydrogen (secondary N) is 1. The van der Waals surface area contributed by atoms with Gasteiger partial charge in [-0.25, -0.2) is 4.98 Å². The highest BCUT2D eigenvalue weighted by molar-refractivity contribution is 5.62. The van der Waals surface area contributed by atoms with E-state index >= 15 is 0 Å². The summed E-state index contributed by atoms with van der Waals surface area (Å²) in [5.74, 6) is 0.601. The second kappa shape index (κ2) is 5.43. The number of halogens is 3. The molecule has 1 heterocycles. The van der Waals surface area contributed by atoms with Gasteiger partial charge in [-0.3, -0.25) is 10.1 Å². The number of nitrogens with zero attached hydrogens (tertiary/aromatic N) is 3. The van der Waals surface area contributed by atoms with Crippen LogP contribution in [0.15, 0.2) is 30.6 Å². The lowest BCUT2D eigenvalue weighted by Crippen LogP contribution is -2.09. The average molecular weight is 300 g/mol. The van der Waals surface area contributed by atoms with Gasteiger partial charge in [-0.1, -0.05) is 0 Å². The van der Waals surface area contributed by atoms with Gasteiger partial charge in [0, 0.05) is 25.5 Å². The molecule has 0 saturated carbocycles. The first-order valence-corrected chi connectivity index (χ1v) is 5.85. The van der Waals surface area contributed by atoms with Gasteiger partial charge in [-0.2, -0.15) is 13.2 Å². The molecule has 0 saturated heterocycles. The highest BCUT2D eigenvalue weighted by Gasteiger charge is 2.33. The zero-order valence-electron chi connectivity index (χ0n) is 10.9. The van der Waals surface area contributed by atoms with E-state index in [9.17, 15) is 23.3 Å². The first-order valence-electron chi connectivity index (χ1n) is 5.85. The maximum absolute atomic E-state index is 12.6. The van der Waals surface area contributed by atoms with Gasteiger partial charge in [-0.15, -0.1) is 0 Å². The van der Waals surface area contributed by atoms with Crippen molar-refractivity contribution >= 4 is 11.4 Å². The molecular weight excluding hydrogens is 289 g/mol. The second-order valence-corrected chi connectivity index (χ2v) is 4.29. The Labute approximate surface area is 117 Å². The number of hydrogen-bond acceptors (Lipinski definition) is 4. The zero-order valence-corrected chi connectivity index (χ0v) is 10.9. The average Bonchev–Trinajstić information content (AvgIpc) is 2.80. The van der Waals surface area contributed by atoms with Gasteiger partial charge in [-0.05, 0) is 12.1 Å². The van der Waals surface area contributed by atoms with Crippen LogP contribution in [0.2, 0.25) is 0 Å². The maximum Gasteiger partial charge on any atom is 0.416 e. The minimum Gasteiger partial charge on any atom is -0.372 e. The Kier molecular flexibility index (Phi) is 3.83. The van der Waals surface area contributed by atoms with Crippen molar-refractivity contribution in [1.82, 2.24) is 9.55 Å². The van der Waals surface area contributed by atoms with Crippen molar-refractivity contribution in [2.75, 3.05) is 5.32 Å². The molecule has 1 N–H and O–H groups in total. The van der Waals surface area contributed by atoms with Gasteiger partial charge in [0.1, 0.15) is 11.5 Å². The van der Waals surface area contributed by atoms with E-state index in [-0.39, 0.29) is 12.2 Å². The molecule has 112 valence electrons. The molecule has 0 aliphatic rings. The Morgan fingerprint density at radius 2 is 2.14 bits per heavy atom. The van der Waals surface area contributed by atoms with Crippen LogP contribution in [-0.4, -0.2) is 14.5 Å². The number of hydrogen-bond donors (Lipinski definition) is 1. The molecule has 2 aromatic rings. The number of nitro benzene ring substituents is 1. The Bertz CT molecular complexity index is 667. The Balaban J connectivity index is 2.27. The largest absolute Gasteiger partial charge is 0.416 e. The third-order valence-corrected chi connectivity index (χ3v) is 2.88. The quantitative estimate of drug-likeness (QED) is 0.696. The second-order valence-electron chi connectivity index (χ2n) is 4.29. The highest BCUT2D eigenvalue weighted by atomic mass is 19.4. The molecule has 2 rings (SSSR count). The molecule has 1 aromatic carbocycles. The van der Waals surface area contributed by atoms with Gasteiger partial charge < -0.3 is 9.88 Å². The van der Waals surface area contributed by atoms with E-state index in [1.165, 1.54) is 0 Å². The van der Waals surface area contributed by atoms with Crippen LogP contribution in [0, 0.1) is 10.1 Å². The molecule has 6 nitrogen and oxygen atoms in total. The molecule has 0 amide bonds. The molecule has 0 radical (unpaired) electrons. The summed E-state index contributed by atoms with van der Waals surface area (Å²) < 4.78 is 39.4. The van der Waals surface area contributed by atoms with E-state index in [2.05, 4.69) is 10.3 Å². The van der Waals surface area contributed by atoms with Crippen LogP contribution in [0.5, 0.6) is 0 Å². The summed E-state index contributed by atoms with van der Waals surface area (Å²) in [7, 11) is 1.74. The molecule has 0 aliphatic carbocycles. The number of imidazole rings is 1. The van der Waals surface area contributed by atoms with Crippen LogP contribution in [0.25, 0.3) is 0 Å². The zero-order chi connectivity index (χ0) is 15.6. The Morgan fingerprint density at radius 3 is 2.67 bits per heavy atom. The highest BCUT2D eigenvalue weighted by Crippen LogP contribution is 2.35. The molecular formula is C12H11F3N4O2. The normalized spacial score (nSPS) is 11.4. The van der Waals surface area contributed by atoms with Crippen LogP contribution in [0.3, 0.4) is 0 Å². The van der Waals surface area contributed by atoms with E-state index in [0.29, 0.717) is 11.9 Å². The molecule has 0 aliphatic heterocycles. The van der Waals surface area contributed by atoms with E-state index in [0.717, 1.165) is 12.1 Å². The number of anilines is 1. The lowest BCUT2D eigenvalue weighted by atomic mass is 10.1. The summed E-state index contributed by atoms with van der Waals surface area (Å²) in [4.78, 5) is 14.1. The molecule has 0 atom stereocenters. The van der Waals surface area contributed by atoms with E-state index in [1.54, 1.807) is 24.0 Å². The number of alkyl halides is 3. The summed E-state index contributed by atoms with van der Waals surface area (Å²) in [5.41, 5.74) is -1.67. The number of benzene rings is 1. The molecule has 21 heavy (non-hydrogen) atoms. The monoisotopic (exact) mass is 300 g/mol. The van der Waals surface area contributed by atoms with Crippen molar-refractivity contribution in [1.29, 1.82) is 0 Å². The maximum atomic E-state index is 12.6. The van der Waals surface area contributed by atoms with Gasteiger partial charge in [0.25, 0.3) is 5.69 Å². The topological polar surface area (TPSA) is 73.0 Å². The fourth-order valence-corrected chi connectivity index (χ4v) is 1.75. The summed E-state index contributed by atoms with van der Waals surface area (Å²) in [5, 5.41) is 13.6. The first kappa shape index (κ1) is 14.8. The third-order valence-electron chi connectivity index (χ3n) is 2.88. The van der Waals surface area contributed by atoms with Crippen molar-refractivity contribution in [2.24, 2.45) is 7.05 Å². The van der Waals surface area contributed by atoms with Crippen molar-refractivity contribution in [3.63, 3.8) is 0 Å². The van der Waals surface area contributed by atoms with Crippen molar-refractivity contribution in [2.45, 2.75) is 12.7 Å². The van der Waals surface area contributed by atoms with Crippen LogP contribution < -0.4 is 5.32 Å².